The summed E-state index contributed by atoms with van der Waals surface area (Å²) in [5, 5.41) is -0.612. The van der Waals surface area contributed by atoms with Crippen LogP contribution >= 0.6 is 11.6 Å². The molecule has 0 saturated heterocycles. The average molecular weight is 262 g/mol. The molecule has 0 aliphatic heterocycles. The molecule has 0 radical (unpaired) electrons. The van der Waals surface area contributed by atoms with Crippen LogP contribution in [0, 0.1) is 0 Å². The fourth-order valence-corrected chi connectivity index (χ4v) is 1.35. The molecule has 0 amide bonds. The van der Waals surface area contributed by atoms with Crippen molar-refractivity contribution in [1.29, 1.82) is 0 Å². The van der Waals surface area contributed by atoms with Crippen LogP contribution in [0.3, 0.4) is 0 Å². The Labute approximate surface area is 92.0 Å². The van der Waals surface area contributed by atoms with Crippen molar-refractivity contribution < 1.29 is 26.7 Å². The molecule has 1 rings (SSSR count). The molecule has 0 saturated carbocycles. The Morgan fingerprint density at radius 1 is 1.38 bits per heavy atom. The minimum Gasteiger partial charge on any atom is -0.493 e. The topological polar surface area (TPSA) is 22.1 Å². The highest BCUT2D eigenvalue weighted by Gasteiger charge is 2.40. The number of hydrogen-bond acceptors (Lipinski definition) is 2. The first-order chi connectivity index (χ1) is 7.29. The first-order valence-corrected chi connectivity index (χ1v) is 4.24. The molecule has 1 heterocycles. The van der Waals surface area contributed by atoms with Crippen LogP contribution < -0.4 is 4.74 Å². The quantitative estimate of drug-likeness (QED) is 0.598. The molecule has 2 nitrogen and oxygen atoms in total. The Bertz CT molecular complexity index is 393. The van der Waals surface area contributed by atoms with E-state index in [1.54, 1.807) is 0 Å². The van der Waals surface area contributed by atoms with Crippen LogP contribution in [0.15, 0.2) is 6.20 Å². The Hall–Kier alpha value is -1.11. The summed E-state index contributed by atoms with van der Waals surface area (Å²) in [6.45, 7) is 0. The van der Waals surface area contributed by atoms with E-state index in [1.807, 2.05) is 0 Å². The predicted octanol–water partition coefficient (Wildman–Crippen LogP) is 3.70. The number of rotatable bonds is 2. The minimum atomic E-state index is -4.98. The van der Waals surface area contributed by atoms with Crippen molar-refractivity contribution in [3.05, 3.63) is 22.5 Å². The number of ether oxygens (including phenoxy) is 1. The molecule has 0 bridgehead atoms. The highest BCUT2D eigenvalue weighted by molar-refractivity contribution is 6.31. The SMILES string of the molecule is COc1c(Cl)ncc(C(F)F)c1C(F)(F)F. The lowest BCUT2D eigenvalue weighted by molar-refractivity contribution is -0.140. The van der Waals surface area contributed by atoms with Crippen molar-refractivity contribution in [3.63, 3.8) is 0 Å². The lowest BCUT2D eigenvalue weighted by Gasteiger charge is -2.16. The van der Waals surface area contributed by atoms with Gasteiger partial charge >= 0.3 is 6.18 Å². The zero-order valence-corrected chi connectivity index (χ0v) is 8.53. The molecular weight excluding hydrogens is 257 g/mol. The van der Waals surface area contributed by atoms with E-state index in [0.29, 0.717) is 6.20 Å². The molecule has 16 heavy (non-hydrogen) atoms. The highest BCUT2D eigenvalue weighted by atomic mass is 35.5. The smallest absolute Gasteiger partial charge is 0.420 e. The number of methoxy groups -OCH3 is 1. The molecule has 1 aromatic rings. The van der Waals surface area contributed by atoms with Gasteiger partial charge in [0.05, 0.1) is 12.7 Å². The van der Waals surface area contributed by atoms with Crippen LogP contribution in [0.25, 0.3) is 0 Å². The van der Waals surface area contributed by atoms with Crippen LogP contribution in [0.5, 0.6) is 5.75 Å². The molecule has 90 valence electrons. The van der Waals surface area contributed by atoms with Crippen LogP contribution in [-0.2, 0) is 6.18 Å². The van der Waals surface area contributed by atoms with E-state index < -0.39 is 34.6 Å². The van der Waals surface area contributed by atoms with Gasteiger partial charge in [-0.1, -0.05) is 11.6 Å². The second-order valence-electron chi connectivity index (χ2n) is 2.71. The second-order valence-corrected chi connectivity index (χ2v) is 3.07. The third kappa shape index (κ3) is 2.34. The first kappa shape index (κ1) is 13.0. The summed E-state index contributed by atoms with van der Waals surface area (Å²) in [5.74, 6) is -0.896. The van der Waals surface area contributed by atoms with E-state index in [0.717, 1.165) is 7.11 Å². The monoisotopic (exact) mass is 261 g/mol. The molecule has 0 atom stereocenters. The summed E-state index contributed by atoms with van der Waals surface area (Å²) in [4.78, 5) is 3.21. The van der Waals surface area contributed by atoms with Crippen LogP contribution in [0.2, 0.25) is 5.15 Å². The normalized spacial score (nSPS) is 12.0. The fourth-order valence-electron chi connectivity index (χ4n) is 1.13. The van der Waals surface area contributed by atoms with Gasteiger partial charge in [0, 0.05) is 6.20 Å². The van der Waals surface area contributed by atoms with Gasteiger partial charge in [-0.15, -0.1) is 0 Å². The predicted molar refractivity (Wildman–Crippen MR) is 45.8 cm³/mol. The Morgan fingerprint density at radius 2 is 1.94 bits per heavy atom. The lowest BCUT2D eigenvalue weighted by atomic mass is 10.1. The van der Waals surface area contributed by atoms with Gasteiger partial charge in [-0.2, -0.15) is 13.2 Å². The zero-order valence-electron chi connectivity index (χ0n) is 7.78. The van der Waals surface area contributed by atoms with Crippen LogP contribution in [-0.4, -0.2) is 12.1 Å². The number of alkyl halides is 5. The van der Waals surface area contributed by atoms with E-state index >= 15 is 0 Å². The van der Waals surface area contributed by atoms with Gasteiger partial charge in [-0.3, -0.25) is 0 Å². The van der Waals surface area contributed by atoms with Crippen molar-refractivity contribution >= 4 is 11.6 Å². The van der Waals surface area contributed by atoms with E-state index in [9.17, 15) is 22.0 Å². The zero-order chi connectivity index (χ0) is 12.5. The van der Waals surface area contributed by atoms with Gasteiger partial charge in [0.25, 0.3) is 6.43 Å². The average Bonchev–Trinajstić information content (AvgIpc) is 2.15. The summed E-state index contributed by atoms with van der Waals surface area (Å²) in [6.07, 6.45) is -7.91. The summed E-state index contributed by atoms with van der Waals surface area (Å²) in [6, 6.07) is 0. The van der Waals surface area contributed by atoms with Crippen LogP contribution in [0.1, 0.15) is 17.6 Å². The van der Waals surface area contributed by atoms with Crippen molar-refractivity contribution in [2.24, 2.45) is 0 Å². The molecule has 0 aliphatic carbocycles. The van der Waals surface area contributed by atoms with Gasteiger partial charge < -0.3 is 4.74 Å². The van der Waals surface area contributed by atoms with Gasteiger partial charge in [0.2, 0.25) is 0 Å². The molecule has 0 aliphatic rings. The van der Waals surface area contributed by atoms with Crippen molar-refractivity contribution in [1.82, 2.24) is 4.98 Å². The Kier molecular flexibility index (Phi) is 3.57. The maximum absolute atomic E-state index is 12.5. The first-order valence-electron chi connectivity index (χ1n) is 3.86. The molecule has 0 aromatic carbocycles. The van der Waals surface area contributed by atoms with E-state index in [1.165, 1.54) is 0 Å². The maximum Gasteiger partial charge on any atom is 0.420 e. The lowest BCUT2D eigenvalue weighted by Crippen LogP contribution is -2.13. The molecule has 0 spiro atoms. The number of pyridine rings is 1. The maximum atomic E-state index is 12.5. The summed E-state index contributed by atoms with van der Waals surface area (Å²) in [7, 11) is 0.896. The molecule has 0 fully saturated rings. The summed E-state index contributed by atoms with van der Waals surface area (Å²) >= 11 is 5.33. The molecule has 1 aromatic heterocycles. The van der Waals surface area contributed by atoms with E-state index in [4.69, 9.17) is 11.6 Å². The molecular formula is C8H5ClF5NO. The summed E-state index contributed by atoms with van der Waals surface area (Å²) in [5.41, 5.74) is -2.85. The number of nitrogens with zero attached hydrogens (tertiary/aromatic N) is 1. The third-order valence-corrected chi connectivity index (χ3v) is 2.01. The number of halogens is 6. The molecule has 0 unspecified atom stereocenters. The van der Waals surface area contributed by atoms with Crippen molar-refractivity contribution in [2.75, 3.05) is 7.11 Å². The van der Waals surface area contributed by atoms with Gasteiger partial charge in [-0.05, 0) is 0 Å². The number of aromatic nitrogens is 1. The van der Waals surface area contributed by atoms with Crippen LogP contribution in [0.4, 0.5) is 22.0 Å². The van der Waals surface area contributed by atoms with Crippen molar-refractivity contribution in [2.45, 2.75) is 12.6 Å². The molecule has 8 heteroatoms. The van der Waals surface area contributed by atoms with E-state index in [2.05, 4.69) is 9.72 Å². The third-order valence-electron chi connectivity index (χ3n) is 1.74. The standard InChI is InChI=1S/C8H5ClF5NO/c1-16-5-4(8(12,13)14)3(7(10)11)2-15-6(5)9/h2,7H,1H3. The van der Waals surface area contributed by atoms with Crippen molar-refractivity contribution in [3.8, 4) is 5.75 Å². The van der Waals surface area contributed by atoms with E-state index in [-0.39, 0.29) is 0 Å². The second kappa shape index (κ2) is 4.40. The van der Waals surface area contributed by atoms with Gasteiger partial charge in [-0.25, -0.2) is 13.8 Å². The molecule has 0 N–H and O–H groups in total. The highest BCUT2D eigenvalue weighted by Crippen LogP contribution is 2.44. The van der Waals surface area contributed by atoms with Gasteiger partial charge in [0.15, 0.2) is 10.9 Å². The minimum absolute atomic E-state index is 0.387. The fraction of sp³-hybridized carbons (Fsp3) is 0.375. The number of hydrogen-bond donors (Lipinski definition) is 0. The Morgan fingerprint density at radius 3 is 2.31 bits per heavy atom. The van der Waals surface area contributed by atoms with Gasteiger partial charge in [0.1, 0.15) is 5.56 Å². The Balaban J connectivity index is 3.54. The largest absolute Gasteiger partial charge is 0.493 e. The summed E-state index contributed by atoms with van der Waals surface area (Å²) < 4.78 is 66.7.